The molecule has 3 rings (SSSR count). The van der Waals surface area contributed by atoms with Gasteiger partial charge in [-0.15, -0.1) is 0 Å². The normalized spacial score (nSPS) is 10.8. The van der Waals surface area contributed by atoms with Gasteiger partial charge in [-0.25, -0.2) is 9.89 Å². The number of halogens is 1. The average Bonchev–Trinajstić information content (AvgIpc) is 2.65. The number of aromatic nitrogens is 3. The number of hydrogen-bond donors (Lipinski definition) is 2. The van der Waals surface area contributed by atoms with Gasteiger partial charge in [0.2, 0.25) is 0 Å². The summed E-state index contributed by atoms with van der Waals surface area (Å²) in [5.74, 6) is 1.06. The Labute approximate surface area is 154 Å². The lowest BCUT2D eigenvalue weighted by molar-refractivity contribution is 0.306. The quantitative estimate of drug-likeness (QED) is 0.514. The van der Waals surface area contributed by atoms with Gasteiger partial charge in [0.15, 0.2) is 5.82 Å². The highest BCUT2D eigenvalue weighted by Gasteiger charge is 2.00. The third-order valence-electron chi connectivity index (χ3n) is 3.46. The minimum Gasteiger partial charge on any atom is -0.489 e. The molecule has 0 bridgehead atoms. The van der Waals surface area contributed by atoms with Crippen LogP contribution in [0.3, 0.4) is 0 Å². The molecule has 8 heteroatoms. The molecule has 0 unspecified atom stereocenters. The van der Waals surface area contributed by atoms with Gasteiger partial charge < -0.3 is 4.74 Å². The Balaban J connectivity index is 1.56. The summed E-state index contributed by atoms with van der Waals surface area (Å²) in [7, 11) is 0. The summed E-state index contributed by atoms with van der Waals surface area (Å²) in [5, 5.41) is 10.8. The van der Waals surface area contributed by atoms with E-state index in [1.807, 2.05) is 48.5 Å². The number of anilines is 1. The smallest absolute Gasteiger partial charge is 0.363 e. The van der Waals surface area contributed by atoms with E-state index in [9.17, 15) is 4.79 Å². The second-order valence-corrected chi connectivity index (χ2v) is 5.87. The van der Waals surface area contributed by atoms with Crippen LogP contribution in [-0.2, 0) is 6.61 Å². The van der Waals surface area contributed by atoms with Gasteiger partial charge in [-0.3, -0.25) is 5.43 Å². The minimum absolute atomic E-state index is 0.313. The molecule has 0 aliphatic heterocycles. The highest BCUT2D eigenvalue weighted by atomic mass is 35.5. The number of hydrazone groups is 1. The fraction of sp³-hybridized carbons (Fsp3) is 0.111. The monoisotopic (exact) mass is 369 g/mol. The van der Waals surface area contributed by atoms with E-state index in [2.05, 4.69) is 25.7 Å². The number of rotatable bonds is 6. The maximum absolute atomic E-state index is 11.2. The molecule has 0 fully saturated rings. The van der Waals surface area contributed by atoms with Crippen molar-refractivity contribution in [2.24, 2.45) is 5.10 Å². The zero-order valence-corrected chi connectivity index (χ0v) is 14.7. The summed E-state index contributed by atoms with van der Waals surface area (Å²) < 4.78 is 5.73. The molecular weight excluding hydrogens is 354 g/mol. The largest absolute Gasteiger partial charge is 0.489 e. The van der Waals surface area contributed by atoms with Crippen LogP contribution in [0.4, 0.5) is 5.82 Å². The number of hydrogen-bond acceptors (Lipinski definition) is 6. The molecule has 132 valence electrons. The van der Waals surface area contributed by atoms with E-state index in [-0.39, 0.29) is 0 Å². The first kappa shape index (κ1) is 17.6. The first-order valence-corrected chi connectivity index (χ1v) is 8.18. The van der Waals surface area contributed by atoms with Gasteiger partial charge in [-0.2, -0.15) is 15.2 Å². The molecule has 0 radical (unpaired) electrons. The van der Waals surface area contributed by atoms with Crippen LogP contribution in [0.5, 0.6) is 5.75 Å². The minimum atomic E-state index is -0.532. The van der Waals surface area contributed by atoms with Crippen molar-refractivity contribution in [3.8, 4) is 5.75 Å². The first-order valence-electron chi connectivity index (χ1n) is 7.80. The molecule has 26 heavy (non-hydrogen) atoms. The molecule has 3 aromatic rings. The van der Waals surface area contributed by atoms with Crippen LogP contribution >= 0.6 is 11.6 Å². The Morgan fingerprint density at radius 1 is 1.19 bits per heavy atom. The average molecular weight is 370 g/mol. The van der Waals surface area contributed by atoms with Crippen molar-refractivity contribution in [1.29, 1.82) is 0 Å². The van der Waals surface area contributed by atoms with Crippen molar-refractivity contribution in [3.05, 3.63) is 80.9 Å². The van der Waals surface area contributed by atoms with Crippen molar-refractivity contribution in [1.82, 2.24) is 15.2 Å². The van der Waals surface area contributed by atoms with E-state index in [0.717, 1.165) is 16.9 Å². The lowest BCUT2D eigenvalue weighted by Gasteiger charge is -2.06. The lowest BCUT2D eigenvalue weighted by Crippen LogP contribution is -2.15. The van der Waals surface area contributed by atoms with Crippen LogP contribution in [0.1, 0.15) is 16.8 Å². The zero-order valence-electron chi connectivity index (χ0n) is 13.9. The van der Waals surface area contributed by atoms with Crippen molar-refractivity contribution in [3.63, 3.8) is 0 Å². The SMILES string of the molecule is Cc1n[nH]c(=O)nc1NN=Cc1ccc(OCc2ccc(Cl)cc2)cc1. The highest BCUT2D eigenvalue weighted by Crippen LogP contribution is 2.15. The number of aryl methyl sites for hydroxylation is 1. The van der Waals surface area contributed by atoms with Crippen molar-refractivity contribution in [2.45, 2.75) is 13.5 Å². The fourth-order valence-electron chi connectivity index (χ4n) is 2.06. The molecule has 0 amide bonds. The van der Waals surface area contributed by atoms with Crippen molar-refractivity contribution >= 4 is 23.6 Å². The van der Waals surface area contributed by atoms with E-state index < -0.39 is 5.69 Å². The number of nitrogens with zero attached hydrogens (tertiary/aromatic N) is 3. The van der Waals surface area contributed by atoms with Gasteiger partial charge in [-0.05, 0) is 54.4 Å². The van der Waals surface area contributed by atoms with Gasteiger partial charge in [-0.1, -0.05) is 23.7 Å². The second-order valence-electron chi connectivity index (χ2n) is 5.43. The van der Waals surface area contributed by atoms with Gasteiger partial charge in [0.1, 0.15) is 18.1 Å². The van der Waals surface area contributed by atoms with Gasteiger partial charge in [0, 0.05) is 5.02 Å². The molecule has 1 aromatic heterocycles. The molecule has 0 aliphatic carbocycles. The summed E-state index contributed by atoms with van der Waals surface area (Å²) in [5.41, 5.74) is 4.63. The highest BCUT2D eigenvalue weighted by molar-refractivity contribution is 6.30. The van der Waals surface area contributed by atoms with E-state index in [4.69, 9.17) is 16.3 Å². The topological polar surface area (TPSA) is 92.3 Å². The van der Waals surface area contributed by atoms with Crippen LogP contribution in [-0.4, -0.2) is 21.4 Å². The summed E-state index contributed by atoms with van der Waals surface area (Å²) in [6.45, 7) is 2.18. The van der Waals surface area contributed by atoms with Crippen molar-refractivity contribution < 1.29 is 4.74 Å². The van der Waals surface area contributed by atoms with E-state index in [0.29, 0.717) is 23.1 Å². The second kappa shape index (κ2) is 8.26. The number of ether oxygens (including phenoxy) is 1. The maximum Gasteiger partial charge on any atom is 0.363 e. The predicted octanol–water partition coefficient (Wildman–Crippen LogP) is 3.15. The number of benzene rings is 2. The summed E-state index contributed by atoms with van der Waals surface area (Å²) in [6, 6.07) is 15.0. The third-order valence-corrected chi connectivity index (χ3v) is 3.71. The predicted molar refractivity (Wildman–Crippen MR) is 101 cm³/mol. The standard InChI is InChI=1S/C18H16ClN5O2/c1-12-17(21-18(25)24-22-12)23-20-10-13-4-8-16(9-5-13)26-11-14-2-6-15(19)7-3-14/h2-10H,11H2,1H3,(H2,21,23,24,25). The van der Waals surface area contributed by atoms with E-state index >= 15 is 0 Å². The van der Waals surface area contributed by atoms with Crippen LogP contribution in [0, 0.1) is 6.92 Å². The molecule has 2 N–H and O–H groups in total. The lowest BCUT2D eigenvalue weighted by atomic mass is 10.2. The van der Waals surface area contributed by atoms with Crippen LogP contribution in [0.2, 0.25) is 5.02 Å². The Morgan fingerprint density at radius 2 is 1.92 bits per heavy atom. The van der Waals surface area contributed by atoms with E-state index in [1.54, 1.807) is 13.1 Å². The van der Waals surface area contributed by atoms with Gasteiger partial charge in [0.25, 0.3) is 0 Å². The van der Waals surface area contributed by atoms with Gasteiger partial charge >= 0.3 is 5.69 Å². The molecular formula is C18H16ClN5O2. The molecule has 0 saturated heterocycles. The Morgan fingerprint density at radius 3 is 2.65 bits per heavy atom. The number of nitrogens with one attached hydrogen (secondary N) is 2. The Bertz CT molecular complexity index is 953. The van der Waals surface area contributed by atoms with Crippen LogP contribution < -0.4 is 15.9 Å². The molecule has 0 atom stereocenters. The summed E-state index contributed by atoms with van der Waals surface area (Å²) in [4.78, 5) is 14.9. The molecule has 2 aromatic carbocycles. The van der Waals surface area contributed by atoms with Crippen LogP contribution in [0.25, 0.3) is 0 Å². The Hall–Kier alpha value is -3.19. The molecule has 0 spiro atoms. The fourth-order valence-corrected chi connectivity index (χ4v) is 2.19. The maximum atomic E-state index is 11.2. The summed E-state index contributed by atoms with van der Waals surface area (Å²) in [6.07, 6.45) is 1.62. The first-order chi connectivity index (χ1) is 12.6. The Kier molecular flexibility index (Phi) is 5.60. The van der Waals surface area contributed by atoms with Crippen molar-refractivity contribution in [2.75, 3.05) is 5.43 Å². The zero-order chi connectivity index (χ0) is 18.4. The number of aromatic amines is 1. The van der Waals surface area contributed by atoms with Gasteiger partial charge in [0.05, 0.1) is 6.21 Å². The number of H-pyrrole nitrogens is 1. The summed E-state index contributed by atoms with van der Waals surface area (Å²) >= 11 is 5.86. The third kappa shape index (κ3) is 4.90. The molecule has 0 saturated carbocycles. The molecule has 0 aliphatic rings. The molecule has 1 heterocycles. The molecule has 7 nitrogen and oxygen atoms in total. The van der Waals surface area contributed by atoms with Crippen LogP contribution in [0.15, 0.2) is 58.4 Å². The van der Waals surface area contributed by atoms with E-state index in [1.165, 1.54) is 0 Å².